The van der Waals surface area contributed by atoms with Gasteiger partial charge in [0.1, 0.15) is 6.61 Å². The Bertz CT molecular complexity index is 742. The van der Waals surface area contributed by atoms with Gasteiger partial charge in [0.2, 0.25) is 5.91 Å². The molecule has 1 rings (SSSR count). The lowest BCUT2D eigenvalue weighted by molar-refractivity contribution is -0.308. The van der Waals surface area contributed by atoms with Gasteiger partial charge >= 0.3 is 6.09 Å². The Morgan fingerprint density at radius 2 is 1.76 bits per heavy atom. The lowest BCUT2D eigenvalue weighted by Gasteiger charge is -2.29. The fraction of sp³-hybridized carbons (Fsp3) is 0.500. The molecule has 0 fully saturated rings. The molecule has 1 aromatic carbocycles. The minimum atomic E-state index is -4.38. The number of hydrogen-bond donors (Lipinski definition) is 3. The Morgan fingerprint density at radius 3 is 2.31 bits per heavy atom. The van der Waals surface area contributed by atoms with Gasteiger partial charge in [0.05, 0.1) is 31.9 Å². The Kier molecular flexibility index (Phi) is 9.80. The first-order chi connectivity index (χ1) is 13.5. The molecule has 0 spiro atoms. The lowest BCUT2D eigenvalue weighted by Crippen LogP contribution is -2.53. The molecular weight excluding hydrogens is 401 g/mol. The van der Waals surface area contributed by atoms with E-state index < -0.39 is 43.9 Å². The van der Waals surface area contributed by atoms with Gasteiger partial charge in [0.15, 0.2) is 0 Å². The normalized spacial score (nSPS) is 15.1. The zero-order chi connectivity index (χ0) is 22.0. The summed E-state index contributed by atoms with van der Waals surface area (Å²) < 4.78 is 17.0. The van der Waals surface area contributed by atoms with Crippen molar-refractivity contribution in [2.75, 3.05) is 6.29 Å². The predicted octanol–water partition coefficient (Wildman–Crippen LogP) is -0.317. The molecule has 11 heteroatoms. The SMILES string of the molecule is CC(C)C[C@H](NC(=O)[C@H](C)NP(=O)([O-])CNC(=O)OCc1ccccc1)C(=O)[O-]. The monoisotopic (exact) mass is 427 g/mol. The first-order valence-electron chi connectivity index (χ1n) is 9.04. The third-order valence-corrected chi connectivity index (χ3v) is 5.09. The van der Waals surface area contributed by atoms with Crippen molar-refractivity contribution in [2.24, 2.45) is 5.92 Å². The quantitative estimate of drug-likeness (QED) is 0.405. The molecule has 0 aliphatic rings. The van der Waals surface area contributed by atoms with Crippen LogP contribution in [-0.2, 0) is 25.5 Å². The highest BCUT2D eigenvalue weighted by Crippen LogP contribution is 2.28. The Balaban J connectivity index is 2.46. The number of nitrogens with one attached hydrogen (secondary N) is 3. The van der Waals surface area contributed by atoms with Crippen LogP contribution in [0.15, 0.2) is 30.3 Å². The van der Waals surface area contributed by atoms with E-state index in [1.807, 2.05) is 0 Å². The maximum atomic E-state index is 12.1. The Morgan fingerprint density at radius 1 is 1.14 bits per heavy atom. The summed E-state index contributed by atoms with van der Waals surface area (Å²) in [7, 11) is -4.38. The zero-order valence-corrected chi connectivity index (χ0v) is 17.4. The molecule has 1 unspecified atom stereocenters. The van der Waals surface area contributed by atoms with Crippen LogP contribution in [0.5, 0.6) is 0 Å². The van der Waals surface area contributed by atoms with Crippen LogP contribution in [0.25, 0.3) is 0 Å². The van der Waals surface area contributed by atoms with Gasteiger partial charge < -0.3 is 34.7 Å². The summed E-state index contributed by atoms with van der Waals surface area (Å²) in [4.78, 5) is 46.9. The van der Waals surface area contributed by atoms with Gasteiger partial charge in [0.25, 0.3) is 0 Å². The van der Waals surface area contributed by atoms with Gasteiger partial charge in [-0.1, -0.05) is 44.2 Å². The van der Waals surface area contributed by atoms with Crippen molar-refractivity contribution in [3.05, 3.63) is 35.9 Å². The van der Waals surface area contributed by atoms with Gasteiger partial charge in [-0.05, 0) is 24.8 Å². The highest BCUT2D eigenvalue weighted by Gasteiger charge is 2.22. The third-order valence-electron chi connectivity index (χ3n) is 3.74. The van der Waals surface area contributed by atoms with Crippen LogP contribution in [0.3, 0.4) is 0 Å². The molecule has 162 valence electrons. The molecule has 0 saturated carbocycles. The van der Waals surface area contributed by atoms with Crippen LogP contribution in [0.1, 0.15) is 32.8 Å². The molecule has 3 atom stereocenters. The van der Waals surface area contributed by atoms with Crippen molar-refractivity contribution in [1.82, 2.24) is 15.7 Å². The second kappa shape index (κ2) is 11.5. The Hall–Kier alpha value is -2.42. The maximum absolute atomic E-state index is 12.1. The van der Waals surface area contributed by atoms with E-state index in [9.17, 15) is 28.9 Å². The maximum Gasteiger partial charge on any atom is 0.407 e. The molecule has 10 nitrogen and oxygen atoms in total. The molecule has 2 amide bonds. The van der Waals surface area contributed by atoms with Crippen molar-refractivity contribution >= 4 is 25.5 Å². The molecule has 0 aliphatic heterocycles. The van der Waals surface area contributed by atoms with Crippen molar-refractivity contribution < 1.29 is 33.7 Å². The molecular formula is C18H26N3O7P-2. The van der Waals surface area contributed by atoms with Gasteiger partial charge in [-0.25, -0.2) is 4.79 Å². The summed E-state index contributed by atoms with van der Waals surface area (Å²) in [6.45, 7) is 4.79. The van der Waals surface area contributed by atoms with E-state index in [4.69, 9.17) is 4.74 Å². The summed E-state index contributed by atoms with van der Waals surface area (Å²) >= 11 is 0. The number of carboxylic acid groups (broad SMARTS) is 1. The van der Waals surface area contributed by atoms with E-state index in [2.05, 4.69) is 15.7 Å². The topological polar surface area (TPSA) is 160 Å². The van der Waals surface area contributed by atoms with Gasteiger partial charge in [-0.15, -0.1) is 0 Å². The fourth-order valence-corrected chi connectivity index (χ4v) is 3.46. The van der Waals surface area contributed by atoms with E-state index >= 15 is 0 Å². The average molecular weight is 427 g/mol. The number of amides is 2. The first-order valence-corrected chi connectivity index (χ1v) is 10.8. The van der Waals surface area contributed by atoms with Gasteiger partial charge in [-0.3, -0.25) is 9.88 Å². The van der Waals surface area contributed by atoms with E-state index in [-0.39, 0.29) is 18.9 Å². The molecule has 3 N–H and O–H groups in total. The average Bonchev–Trinajstić information content (AvgIpc) is 2.64. The van der Waals surface area contributed by atoms with Crippen molar-refractivity contribution in [3.8, 4) is 0 Å². The molecule has 0 heterocycles. The predicted molar refractivity (Wildman–Crippen MR) is 101 cm³/mol. The number of ether oxygens (including phenoxy) is 1. The lowest BCUT2D eigenvalue weighted by atomic mass is 10.0. The van der Waals surface area contributed by atoms with E-state index in [0.717, 1.165) is 5.56 Å². The Labute approximate surface area is 169 Å². The van der Waals surface area contributed by atoms with Crippen molar-refractivity contribution in [3.63, 3.8) is 0 Å². The third kappa shape index (κ3) is 10.1. The van der Waals surface area contributed by atoms with E-state index in [1.165, 1.54) is 6.92 Å². The standard InChI is InChI=1S/C18H28N3O7P/c1-12(2)9-15(17(23)24)20-16(22)13(3)21-29(26,27)11-19-18(25)28-10-14-7-5-4-6-8-14/h4-8,12-13,15H,9-11H2,1-3H3,(H,19,25)(H,20,22)(H,23,24)(H2,21,26,27)/p-2/t13-,15-/m0/s1. The fourth-order valence-electron chi connectivity index (χ4n) is 2.32. The second-order valence-electron chi connectivity index (χ2n) is 6.93. The number of carbonyl (C=O) groups excluding carboxylic acids is 3. The highest BCUT2D eigenvalue weighted by atomic mass is 31.2. The molecule has 0 radical (unpaired) electrons. The number of carbonyl (C=O) groups is 3. The van der Waals surface area contributed by atoms with Crippen molar-refractivity contribution in [1.29, 1.82) is 0 Å². The number of hydrogen-bond acceptors (Lipinski definition) is 7. The molecule has 1 aromatic rings. The summed E-state index contributed by atoms with van der Waals surface area (Å²) in [6.07, 6.45) is -1.57. The largest absolute Gasteiger partial charge is 0.787 e. The van der Waals surface area contributed by atoms with Crippen molar-refractivity contribution in [2.45, 2.75) is 45.9 Å². The van der Waals surface area contributed by atoms with Crippen LogP contribution >= 0.6 is 7.52 Å². The van der Waals surface area contributed by atoms with Crippen LogP contribution in [-0.4, -0.2) is 36.3 Å². The van der Waals surface area contributed by atoms with Gasteiger partial charge in [0, 0.05) is 0 Å². The van der Waals surface area contributed by atoms with E-state index in [0.29, 0.717) is 0 Å². The van der Waals surface area contributed by atoms with Crippen LogP contribution in [0.4, 0.5) is 4.79 Å². The molecule has 29 heavy (non-hydrogen) atoms. The molecule has 0 saturated heterocycles. The molecule has 0 aromatic heterocycles. The van der Waals surface area contributed by atoms with Gasteiger partial charge in [-0.2, -0.15) is 0 Å². The zero-order valence-electron chi connectivity index (χ0n) is 16.5. The number of alkyl carbamates (subject to hydrolysis) is 1. The number of aliphatic carboxylic acids is 1. The minimum Gasteiger partial charge on any atom is -0.787 e. The van der Waals surface area contributed by atoms with Crippen LogP contribution in [0, 0.1) is 5.92 Å². The second-order valence-corrected chi connectivity index (χ2v) is 8.85. The minimum absolute atomic E-state index is 0.0156. The number of rotatable bonds is 11. The first kappa shape index (κ1) is 24.6. The summed E-state index contributed by atoms with van der Waals surface area (Å²) in [5, 5.41) is 17.5. The summed E-state index contributed by atoms with van der Waals surface area (Å²) in [5.74, 6) is -2.28. The summed E-state index contributed by atoms with van der Waals surface area (Å²) in [6, 6.07) is 6.35. The molecule has 0 aliphatic carbocycles. The number of benzene rings is 1. The smallest absolute Gasteiger partial charge is 0.407 e. The van der Waals surface area contributed by atoms with E-state index in [1.54, 1.807) is 44.2 Å². The highest BCUT2D eigenvalue weighted by molar-refractivity contribution is 7.54. The number of carboxylic acids is 1. The summed E-state index contributed by atoms with van der Waals surface area (Å²) in [5.41, 5.74) is 0.736. The van der Waals surface area contributed by atoms with Crippen LogP contribution in [0.2, 0.25) is 0 Å². The van der Waals surface area contributed by atoms with Crippen LogP contribution < -0.4 is 25.7 Å². The molecule has 0 bridgehead atoms.